The van der Waals surface area contributed by atoms with Crippen molar-refractivity contribution in [3.8, 4) is 0 Å². The summed E-state index contributed by atoms with van der Waals surface area (Å²) < 4.78 is 0. The summed E-state index contributed by atoms with van der Waals surface area (Å²) in [5.74, 6) is 0.344. The van der Waals surface area contributed by atoms with Gasteiger partial charge in [-0.2, -0.15) is 0 Å². The maximum absolute atomic E-state index is 12.2. The van der Waals surface area contributed by atoms with Gasteiger partial charge in [0.15, 0.2) is 5.78 Å². The van der Waals surface area contributed by atoms with Crippen molar-refractivity contribution < 1.29 is 9.59 Å². The first kappa shape index (κ1) is 15.7. The molecule has 0 aromatic heterocycles. The first-order chi connectivity index (χ1) is 10.2. The quantitative estimate of drug-likeness (QED) is 0.818. The van der Waals surface area contributed by atoms with Crippen LogP contribution in [0.15, 0.2) is 18.2 Å². The minimum absolute atomic E-state index is 0.157. The minimum atomic E-state index is 0.157. The summed E-state index contributed by atoms with van der Waals surface area (Å²) in [4.78, 5) is 26.1. The second-order valence-corrected chi connectivity index (χ2v) is 5.52. The number of ketones is 1. The van der Waals surface area contributed by atoms with Crippen molar-refractivity contribution in [3.63, 3.8) is 0 Å². The molecular formula is C17H24N2O2. The Kier molecular flexibility index (Phi) is 5.51. The number of Topliss-reactive ketones (excluding diaryl/α,β-unsaturated/α-hetero) is 1. The number of anilines is 1. The number of carbonyl (C=O) groups is 2. The highest BCUT2D eigenvalue weighted by Crippen LogP contribution is 2.29. The van der Waals surface area contributed by atoms with Gasteiger partial charge in [-0.05, 0) is 50.1 Å². The fraction of sp³-hybridized carbons (Fsp3) is 0.529. The van der Waals surface area contributed by atoms with E-state index in [0.717, 1.165) is 42.6 Å². The predicted molar refractivity (Wildman–Crippen MR) is 84.9 cm³/mol. The van der Waals surface area contributed by atoms with Crippen molar-refractivity contribution in [2.45, 2.75) is 39.0 Å². The Morgan fingerprint density at radius 1 is 1.29 bits per heavy atom. The molecule has 0 saturated heterocycles. The lowest BCUT2D eigenvalue weighted by molar-refractivity contribution is -0.118. The number of amides is 1. The molecule has 0 aliphatic carbocycles. The van der Waals surface area contributed by atoms with Crippen molar-refractivity contribution in [1.29, 1.82) is 0 Å². The monoisotopic (exact) mass is 288 g/mol. The van der Waals surface area contributed by atoms with Gasteiger partial charge in [-0.1, -0.05) is 6.92 Å². The maximum Gasteiger partial charge on any atom is 0.226 e. The number of nitrogens with zero attached hydrogens (tertiary/aromatic N) is 1. The Labute approximate surface area is 126 Å². The zero-order valence-corrected chi connectivity index (χ0v) is 12.9. The van der Waals surface area contributed by atoms with Gasteiger partial charge in [0.05, 0.1) is 0 Å². The normalized spacial score (nSPS) is 13.9. The highest BCUT2D eigenvalue weighted by molar-refractivity contribution is 5.99. The minimum Gasteiger partial charge on any atom is -0.319 e. The van der Waals surface area contributed by atoms with Gasteiger partial charge in [-0.15, -0.1) is 0 Å². The Hall–Kier alpha value is -1.68. The fourth-order valence-electron chi connectivity index (χ4n) is 2.76. The van der Waals surface area contributed by atoms with E-state index in [2.05, 4.69) is 5.32 Å². The molecule has 0 radical (unpaired) electrons. The first-order valence-electron chi connectivity index (χ1n) is 7.78. The molecular weight excluding hydrogens is 264 g/mol. The second-order valence-electron chi connectivity index (χ2n) is 5.52. The summed E-state index contributed by atoms with van der Waals surface area (Å²) in [6, 6.07) is 5.77. The number of fused-ring (bicyclic) bond motifs is 1. The summed E-state index contributed by atoms with van der Waals surface area (Å²) >= 11 is 0. The topological polar surface area (TPSA) is 49.4 Å². The molecule has 1 N–H and O–H groups in total. The van der Waals surface area contributed by atoms with Gasteiger partial charge in [-0.25, -0.2) is 0 Å². The molecule has 114 valence electrons. The number of carbonyl (C=O) groups excluding carboxylic acids is 2. The third-order valence-corrected chi connectivity index (χ3v) is 3.89. The summed E-state index contributed by atoms with van der Waals surface area (Å²) in [7, 11) is 1.84. The van der Waals surface area contributed by atoms with Crippen LogP contribution >= 0.6 is 0 Å². The van der Waals surface area contributed by atoms with Gasteiger partial charge in [0.25, 0.3) is 0 Å². The van der Waals surface area contributed by atoms with Crippen molar-refractivity contribution in [1.82, 2.24) is 5.32 Å². The molecule has 1 aliphatic rings. The third-order valence-electron chi connectivity index (χ3n) is 3.89. The van der Waals surface area contributed by atoms with Crippen LogP contribution in [0.5, 0.6) is 0 Å². The first-order valence-corrected chi connectivity index (χ1v) is 7.78. The Morgan fingerprint density at radius 2 is 2.10 bits per heavy atom. The van der Waals surface area contributed by atoms with Gasteiger partial charge >= 0.3 is 0 Å². The SMILES string of the molecule is CCCC(=O)N1CCCc2cc(C(=O)CCNC)ccc21. The molecule has 1 amide bonds. The molecule has 0 saturated carbocycles. The molecule has 0 unspecified atom stereocenters. The van der Waals surface area contributed by atoms with Crippen molar-refractivity contribution in [3.05, 3.63) is 29.3 Å². The lowest BCUT2D eigenvalue weighted by Crippen LogP contribution is -2.35. The van der Waals surface area contributed by atoms with E-state index in [-0.39, 0.29) is 11.7 Å². The van der Waals surface area contributed by atoms with Gasteiger partial charge in [0.1, 0.15) is 0 Å². The van der Waals surface area contributed by atoms with Crippen LogP contribution in [0.2, 0.25) is 0 Å². The molecule has 0 atom stereocenters. The summed E-state index contributed by atoms with van der Waals surface area (Å²) in [6.45, 7) is 3.50. The molecule has 0 spiro atoms. The summed E-state index contributed by atoms with van der Waals surface area (Å²) in [6.07, 6.45) is 3.87. The molecule has 4 nitrogen and oxygen atoms in total. The van der Waals surface area contributed by atoms with Gasteiger partial charge < -0.3 is 10.2 Å². The molecule has 1 heterocycles. The van der Waals surface area contributed by atoms with Crippen molar-refractivity contribution >= 4 is 17.4 Å². The van der Waals surface area contributed by atoms with Crippen LogP contribution in [0.1, 0.15) is 48.5 Å². The Morgan fingerprint density at radius 3 is 2.81 bits per heavy atom. The number of rotatable bonds is 6. The van der Waals surface area contributed by atoms with E-state index in [0.29, 0.717) is 19.4 Å². The standard InChI is InChI=1S/C17H24N2O2/c1-3-5-17(21)19-11-4-6-13-12-14(7-8-15(13)19)16(20)9-10-18-2/h7-8,12,18H,3-6,9-11H2,1-2H3. The number of hydrogen-bond donors (Lipinski definition) is 1. The Bertz CT molecular complexity index is 526. The average Bonchev–Trinajstić information content (AvgIpc) is 2.51. The lowest BCUT2D eigenvalue weighted by Gasteiger charge is -2.30. The van der Waals surface area contributed by atoms with Crippen LogP contribution in [0.3, 0.4) is 0 Å². The maximum atomic E-state index is 12.2. The second kappa shape index (κ2) is 7.36. The summed E-state index contributed by atoms with van der Waals surface area (Å²) in [5, 5.41) is 2.99. The van der Waals surface area contributed by atoms with E-state index >= 15 is 0 Å². The summed E-state index contributed by atoms with van der Waals surface area (Å²) in [5.41, 5.74) is 2.87. The van der Waals surface area contributed by atoms with Gasteiger partial charge in [0, 0.05) is 37.2 Å². The molecule has 21 heavy (non-hydrogen) atoms. The van der Waals surface area contributed by atoms with E-state index in [1.807, 2.05) is 37.1 Å². The highest BCUT2D eigenvalue weighted by atomic mass is 16.2. The predicted octanol–water partition coefficient (Wildman–Crippen LogP) is 2.56. The van der Waals surface area contributed by atoms with Crippen LogP contribution in [0, 0.1) is 0 Å². The Balaban J connectivity index is 2.20. The number of nitrogens with one attached hydrogen (secondary N) is 1. The van der Waals surface area contributed by atoms with Crippen LogP contribution in [0.4, 0.5) is 5.69 Å². The fourth-order valence-corrected chi connectivity index (χ4v) is 2.76. The van der Waals surface area contributed by atoms with E-state index in [1.54, 1.807) is 0 Å². The average molecular weight is 288 g/mol. The number of aryl methyl sites for hydroxylation is 1. The number of benzene rings is 1. The molecule has 0 fully saturated rings. The smallest absolute Gasteiger partial charge is 0.226 e. The van der Waals surface area contributed by atoms with E-state index in [4.69, 9.17) is 0 Å². The van der Waals surface area contributed by atoms with Crippen molar-refractivity contribution in [2.75, 3.05) is 25.0 Å². The van der Waals surface area contributed by atoms with Gasteiger partial charge in [0.2, 0.25) is 5.91 Å². The lowest BCUT2D eigenvalue weighted by atomic mass is 9.96. The molecule has 1 aromatic carbocycles. The molecule has 4 heteroatoms. The largest absolute Gasteiger partial charge is 0.319 e. The molecule has 2 rings (SSSR count). The third kappa shape index (κ3) is 3.70. The van der Waals surface area contributed by atoms with Crippen LogP contribution in [-0.2, 0) is 11.2 Å². The van der Waals surface area contributed by atoms with Gasteiger partial charge in [-0.3, -0.25) is 9.59 Å². The van der Waals surface area contributed by atoms with E-state index in [1.165, 1.54) is 0 Å². The van der Waals surface area contributed by atoms with Crippen LogP contribution < -0.4 is 10.2 Å². The van der Waals surface area contributed by atoms with Crippen molar-refractivity contribution in [2.24, 2.45) is 0 Å². The number of hydrogen-bond acceptors (Lipinski definition) is 3. The molecule has 1 aliphatic heterocycles. The van der Waals surface area contributed by atoms with Crippen LogP contribution in [-0.4, -0.2) is 31.8 Å². The molecule has 0 bridgehead atoms. The zero-order chi connectivity index (χ0) is 15.2. The zero-order valence-electron chi connectivity index (χ0n) is 12.9. The molecule has 1 aromatic rings. The van der Waals surface area contributed by atoms with E-state index < -0.39 is 0 Å². The van der Waals surface area contributed by atoms with E-state index in [9.17, 15) is 9.59 Å². The highest BCUT2D eigenvalue weighted by Gasteiger charge is 2.22. The van der Waals surface area contributed by atoms with Crippen LogP contribution in [0.25, 0.3) is 0 Å².